The van der Waals surface area contributed by atoms with E-state index < -0.39 is 0 Å². The topological polar surface area (TPSA) is 35.5 Å². The predicted octanol–water partition coefficient (Wildman–Crippen LogP) is 6.95. The molecule has 3 nitrogen and oxygen atoms in total. The van der Waals surface area contributed by atoms with Gasteiger partial charge in [0.2, 0.25) is 0 Å². The number of esters is 1. The molecule has 0 atom stereocenters. The lowest BCUT2D eigenvalue weighted by Crippen LogP contribution is -2.03. The van der Waals surface area contributed by atoms with Crippen molar-refractivity contribution in [3.05, 3.63) is 22.8 Å². The smallest absolute Gasteiger partial charge is 0.305 e. The first-order valence-electron chi connectivity index (χ1n) is 8.97. The number of carbonyl (C=O) groups excluding carboxylic acids is 1. The van der Waals surface area contributed by atoms with Crippen LogP contribution in [-0.4, -0.2) is 19.2 Å². The third-order valence-electron chi connectivity index (χ3n) is 3.79. The second kappa shape index (κ2) is 14.7. The van der Waals surface area contributed by atoms with Crippen molar-refractivity contribution in [2.24, 2.45) is 0 Å². The van der Waals surface area contributed by atoms with E-state index in [2.05, 4.69) is 79.9 Å². The van der Waals surface area contributed by atoms with Crippen LogP contribution in [-0.2, 0) is 9.53 Å². The van der Waals surface area contributed by atoms with Gasteiger partial charge in [-0.15, -0.1) is 0 Å². The normalized spacial score (nSPS) is 10.7. The van der Waals surface area contributed by atoms with Gasteiger partial charge < -0.3 is 9.47 Å². The van der Waals surface area contributed by atoms with Crippen LogP contribution in [0.25, 0.3) is 0 Å². The molecule has 0 aromatic heterocycles. The maximum Gasteiger partial charge on any atom is 0.305 e. The summed E-state index contributed by atoms with van der Waals surface area (Å²) in [4.78, 5) is 11.2. The molecule has 1 aromatic rings. The minimum absolute atomic E-state index is 0.0556. The molecule has 0 saturated heterocycles. The van der Waals surface area contributed by atoms with E-state index in [1.165, 1.54) is 42.8 Å². The van der Waals surface area contributed by atoms with E-state index in [-0.39, 0.29) is 5.97 Å². The summed E-state index contributed by atoms with van der Waals surface area (Å²) in [5.74, 6) is 0.975. The third kappa shape index (κ3) is 11.2. The van der Waals surface area contributed by atoms with Crippen LogP contribution in [0.3, 0.4) is 0 Å². The quantitative estimate of drug-likeness (QED) is 0.128. The van der Waals surface area contributed by atoms with Gasteiger partial charge in [-0.2, -0.15) is 0 Å². The fraction of sp³-hybridized carbons (Fsp3) is 0.632. The minimum Gasteiger partial charge on any atom is -0.491 e. The van der Waals surface area contributed by atoms with Crippen molar-refractivity contribution in [1.29, 1.82) is 0 Å². The summed E-state index contributed by atoms with van der Waals surface area (Å²) in [6.07, 6.45) is 10.0. The molecule has 1 rings (SSSR count). The molecule has 0 aliphatic carbocycles. The summed E-state index contributed by atoms with van der Waals surface area (Å²) in [6.45, 7) is 3.14. The second-order valence-corrected chi connectivity index (χ2v) is 9.50. The highest BCUT2D eigenvalue weighted by atomic mass is 127. The van der Waals surface area contributed by atoms with Crippen molar-refractivity contribution in [3.8, 4) is 5.75 Å². The maximum atomic E-state index is 11.2. The van der Waals surface area contributed by atoms with Gasteiger partial charge in [-0.25, -0.2) is 0 Å². The van der Waals surface area contributed by atoms with E-state index in [1.807, 2.05) is 6.92 Å². The highest BCUT2D eigenvalue weighted by Crippen LogP contribution is 2.29. The molecule has 0 amide bonds. The highest BCUT2D eigenvalue weighted by Gasteiger charge is 2.07. The Hall–Kier alpha value is 0.680. The zero-order valence-corrected chi connectivity index (χ0v) is 21.3. The Kier molecular flexibility index (Phi) is 13.9. The van der Waals surface area contributed by atoms with Gasteiger partial charge in [-0.1, -0.05) is 38.5 Å². The average Bonchev–Trinajstić information content (AvgIpc) is 2.54. The van der Waals surface area contributed by atoms with Crippen molar-refractivity contribution in [3.63, 3.8) is 0 Å². The lowest BCUT2D eigenvalue weighted by Gasteiger charge is -2.11. The lowest BCUT2D eigenvalue weighted by atomic mass is 10.1. The molecule has 6 heteroatoms. The number of unbranched alkanes of at least 4 members (excludes halogenated alkanes) is 7. The SMILES string of the molecule is CCOC(=O)CCCCCCCCCCOc1c(I)cc(I)cc1I. The van der Waals surface area contributed by atoms with E-state index in [0.29, 0.717) is 13.0 Å². The molecular weight excluding hydrogens is 657 g/mol. The highest BCUT2D eigenvalue weighted by molar-refractivity contribution is 14.1. The molecular formula is C19H27I3O3. The van der Waals surface area contributed by atoms with Gasteiger partial charge in [-0.05, 0) is 99.7 Å². The Labute approximate surface area is 192 Å². The van der Waals surface area contributed by atoms with Crippen LogP contribution in [0.15, 0.2) is 12.1 Å². The predicted molar refractivity (Wildman–Crippen MR) is 128 cm³/mol. The minimum atomic E-state index is -0.0556. The number of carbonyl (C=O) groups is 1. The van der Waals surface area contributed by atoms with Crippen molar-refractivity contribution >= 4 is 73.7 Å². The van der Waals surface area contributed by atoms with Crippen LogP contribution in [0.4, 0.5) is 0 Å². The van der Waals surface area contributed by atoms with Crippen molar-refractivity contribution in [1.82, 2.24) is 0 Å². The first-order valence-corrected chi connectivity index (χ1v) is 12.2. The van der Waals surface area contributed by atoms with E-state index >= 15 is 0 Å². The number of ether oxygens (including phenoxy) is 2. The largest absolute Gasteiger partial charge is 0.491 e. The van der Waals surface area contributed by atoms with E-state index in [4.69, 9.17) is 9.47 Å². The molecule has 0 radical (unpaired) electrons. The summed E-state index contributed by atoms with van der Waals surface area (Å²) in [7, 11) is 0. The van der Waals surface area contributed by atoms with Crippen LogP contribution in [0.2, 0.25) is 0 Å². The van der Waals surface area contributed by atoms with E-state index in [1.54, 1.807) is 0 Å². The molecule has 142 valence electrons. The van der Waals surface area contributed by atoms with Crippen LogP contribution in [0, 0.1) is 10.7 Å². The van der Waals surface area contributed by atoms with Crippen LogP contribution < -0.4 is 4.74 Å². The zero-order chi connectivity index (χ0) is 18.5. The summed E-state index contributed by atoms with van der Waals surface area (Å²) in [6, 6.07) is 4.31. The number of benzene rings is 1. The molecule has 0 unspecified atom stereocenters. The summed E-state index contributed by atoms with van der Waals surface area (Å²) >= 11 is 7.03. The number of rotatable bonds is 13. The molecule has 25 heavy (non-hydrogen) atoms. The Balaban J connectivity index is 1.97. The van der Waals surface area contributed by atoms with E-state index in [0.717, 1.165) is 31.6 Å². The fourth-order valence-corrected chi connectivity index (χ4v) is 6.40. The number of halogens is 3. The van der Waals surface area contributed by atoms with Gasteiger partial charge >= 0.3 is 5.97 Å². The Morgan fingerprint density at radius 3 is 1.96 bits per heavy atom. The molecule has 0 fully saturated rings. The monoisotopic (exact) mass is 684 g/mol. The first kappa shape index (κ1) is 23.7. The molecule has 0 N–H and O–H groups in total. The van der Waals surface area contributed by atoms with E-state index in [9.17, 15) is 4.79 Å². The van der Waals surface area contributed by atoms with Crippen molar-refractivity contribution in [2.45, 2.75) is 64.7 Å². The second-order valence-electron chi connectivity index (χ2n) is 5.93. The van der Waals surface area contributed by atoms with Gasteiger partial charge in [0.15, 0.2) is 0 Å². The average molecular weight is 684 g/mol. The molecule has 0 aliphatic heterocycles. The van der Waals surface area contributed by atoms with Gasteiger partial charge in [0.05, 0.1) is 20.4 Å². The molecule has 1 aromatic carbocycles. The summed E-state index contributed by atoms with van der Waals surface area (Å²) in [5.41, 5.74) is 0. The van der Waals surface area contributed by atoms with Gasteiger partial charge in [0.25, 0.3) is 0 Å². The Morgan fingerprint density at radius 1 is 0.880 bits per heavy atom. The Bertz CT molecular complexity index is 498. The number of hydrogen-bond acceptors (Lipinski definition) is 3. The molecule has 0 spiro atoms. The Morgan fingerprint density at radius 2 is 1.40 bits per heavy atom. The van der Waals surface area contributed by atoms with Gasteiger partial charge in [-0.3, -0.25) is 4.79 Å². The zero-order valence-electron chi connectivity index (χ0n) is 14.8. The first-order chi connectivity index (χ1) is 12.0. The summed E-state index contributed by atoms with van der Waals surface area (Å²) in [5, 5.41) is 0. The number of hydrogen-bond donors (Lipinski definition) is 0. The van der Waals surface area contributed by atoms with Crippen LogP contribution in [0.5, 0.6) is 5.75 Å². The van der Waals surface area contributed by atoms with Crippen molar-refractivity contribution in [2.75, 3.05) is 13.2 Å². The standard InChI is InChI=1S/C19H27I3O3/c1-2-24-18(23)11-9-7-5-3-4-6-8-10-12-25-19-16(21)13-15(20)14-17(19)22/h13-14H,2-12H2,1H3. The maximum absolute atomic E-state index is 11.2. The van der Waals surface area contributed by atoms with Crippen molar-refractivity contribution < 1.29 is 14.3 Å². The summed E-state index contributed by atoms with van der Waals surface area (Å²) < 4.78 is 14.5. The fourth-order valence-electron chi connectivity index (χ4n) is 2.51. The lowest BCUT2D eigenvalue weighted by molar-refractivity contribution is -0.143. The van der Waals surface area contributed by atoms with Gasteiger partial charge in [0.1, 0.15) is 5.75 Å². The molecule has 0 bridgehead atoms. The molecule has 0 aliphatic rings. The molecule has 0 heterocycles. The van der Waals surface area contributed by atoms with Gasteiger partial charge in [0, 0.05) is 9.99 Å². The molecule has 0 saturated carbocycles. The third-order valence-corrected chi connectivity index (χ3v) is 6.02. The van der Waals surface area contributed by atoms with Crippen LogP contribution >= 0.6 is 67.8 Å². The van der Waals surface area contributed by atoms with Crippen LogP contribution in [0.1, 0.15) is 64.7 Å².